The molecule has 2 aromatic rings. The largest absolute Gasteiger partial charge is 0.497 e. The van der Waals surface area contributed by atoms with Crippen molar-refractivity contribution in [2.45, 2.75) is 31.7 Å². The lowest BCUT2D eigenvalue weighted by Crippen LogP contribution is -2.51. The number of halogens is 2. The van der Waals surface area contributed by atoms with E-state index in [0.29, 0.717) is 12.2 Å². The van der Waals surface area contributed by atoms with Crippen molar-refractivity contribution in [1.29, 1.82) is 0 Å². The zero-order valence-electron chi connectivity index (χ0n) is 15.8. The van der Waals surface area contributed by atoms with E-state index < -0.39 is 22.8 Å². The third kappa shape index (κ3) is 4.64. The first-order chi connectivity index (χ1) is 12.8. The number of rotatable bonds is 6. The maximum absolute atomic E-state index is 13.8. The fourth-order valence-electron chi connectivity index (χ4n) is 2.95. The standard InChI is InChI=1S/C21H24F2O4/c1-20(2)26-13-21(14-27-20,16-6-9-18(22)19(23)10-16)12-25-11-15-4-7-17(24-3)8-5-15/h4-10H,11-14H2,1-3H3. The van der Waals surface area contributed by atoms with Crippen molar-refractivity contribution < 1.29 is 27.7 Å². The van der Waals surface area contributed by atoms with Crippen molar-refractivity contribution in [1.82, 2.24) is 0 Å². The van der Waals surface area contributed by atoms with Crippen molar-refractivity contribution >= 4 is 0 Å². The quantitative estimate of drug-likeness (QED) is 0.755. The Labute approximate surface area is 158 Å². The molecule has 0 spiro atoms. The van der Waals surface area contributed by atoms with Crippen LogP contribution >= 0.6 is 0 Å². The molecule has 1 fully saturated rings. The van der Waals surface area contributed by atoms with Gasteiger partial charge in [0.1, 0.15) is 5.75 Å². The molecule has 27 heavy (non-hydrogen) atoms. The van der Waals surface area contributed by atoms with Crippen LogP contribution < -0.4 is 4.74 Å². The minimum atomic E-state index is -0.896. The molecule has 0 radical (unpaired) electrons. The fraction of sp³-hybridized carbons (Fsp3) is 0.429. The lowest BCUT2D eigenvalue weighted by atomic mass is 9.81. The van der Waals surface area contributed by atoms with E-state index in [9.17, 15) is 8.78 Å². The van der Waals surface area contributed by atoms with Crippen molar-refractivity contribution in [3.63, 3.8) is 0 Å². The molecule has 1 aliphatic rings. The Morgan fingerprint density at radius 1 is 0.963 bits per heavy atom. The summed E-state index contributed by atoms with van der Waals surface area (Å²) in [6, 6.07) is 11.4. The van der Waals surface area contributed by atoms with Crippen LogP contribution in [0.4, 0.5) is 8.78 Å². The molecule has 0 unspecified atom stereocenters. The summed E-state index contributed by atoms with van der Waals surface area (Å²) in [4.78, 5) is 0. The lowest BCUT2D eigenvalue weighted by molar-refractivity contribution is -0.275. The first kappa shape index (κ1) is 19.7. The summed E-state index contributed by atoms with van der Waals surface area (Å²) >= 11 is 0. The van der Waals surface area contributed by atoms with Crippen LogP contribution in [-0.4, -0.2) is 32.7 Å². The summed E-state index contributed by atoms with van der Waals surface area (Å²) in [6.07, 6.45) is 0. The van der Waals surface area contributed by atoms with Gasteiger partial charge in [0.05, 0.1) is 39.0 Å². The zero-order valence-corrected chi connectivity index (χ0v) is 15.8. The van der Waals surface area contributed by atoms with Gasteiger partial charge in [-0.2, -0.15) is 0 Å². The molecular weight excluding hydrogens is 354 g/mol. The van der Waals surface area contributed by atoms with E-state index in [-0.39, 0.29) is 19.8 Å². The van der Waals surface area contributed by atoms with Gasteiger partial charge in [-0.05, 0) is 49.2 Å². The van der Waals surface area contributed by atoms with E-state index in [0.717, 1.165) is 17.4 Å². The van der Waals surface area contributed by atoms with Crippen molar-refractivity contribution in [2.75, 3.05) is 26.9 Å². The van der Waals surface area contributed by atoms with Gasteiger partial charge in [0.2, 0.25) is 0 Å². The summed E-state index contributed by atoms with van der Waals surface area (Å²) < 4.78 is 49.8. The molecule has 146 valence electrons. The van der Waals surface area contributed by atoms with Crippen LogP contribution in [0, 0.1) is 11.6 Å². The summed E-state index contributed by atoms with van der Waals surface area (Å²) in [7, 11) is 1.61. The molecule has 0 aromatic heterocycles. The average molecular weight is 378 g/mol. The molecule has 1 heterocycles. The maximum atomic E-state index is 13.8. The SMILES string of the molecule is COc1ccc(COCC2(c3ccc(F)c(F)c3)COC(C)(C)OC2)cc1. The highest BCUT2D eigenvalue weighted by Crippen LogP contribution is 2.34. The Morgan fingerprint density at radius 2 is 1.63 bits per heavy atom. The van der Waals surface area contributed by atoms with Crippen molar-refractivity contribution in [3.8, 4) is 5.75 Å². The highest BCUT2D eigenvalue weighted by molar-refractivity contribution is 5.29. The predicted octanol–water partition coefficient (Wildman–Crippen LogP) is 4.21. The minimum absolute atomic E-state index is 0.250. The lowest BCUT2D eigenvalue weighted by Gasteiger charge is -2.43. The van der Waals surface area contributed by atoms with Gasteiger partial charge in [0, 0.05) is 0 Å². The number of benzene rings is 2. The van der Waals surface area contributed by atoms with Crippen LogP contribution in [0.15, 0.2) is 42.5 Å². The van der Waals surface area contributed by atoms with Gasteiger partial charge in [-0.15, -0.1) is 0 Å². The van der Waals surface area contributed by atoms with Crippen LogP contribution in [0.1, 0.15) is 25.0 Å². The Bertz CT molecular complexity index is 764. The first-order valence-corrected chi connectivity index (χ1v) is 8.78. The second-order valence-electron chi connectivity index (χ2n) is 7.23. The second-order valence-corrected chi connectivity index (χ2v) is 7.23. The van der Waals surface area contributed by atoms with E-state index in [1.54, 1.807) is 13.2 Å². The third-order valence-corrected chi connectivity index (χ3v) is 4.73. The van der Waals surface area contributed by atoms with E-state index in [1.807, 2.05) is 38.1 Å². The Kier molecular flexibility index (Phi) is 5.79. The Morgan fingerprint density at radius 3 is 2.22 bits per heavy atom. The van der Waals surface area contributed by atoms with Crippen LogP contribution in [0.3, 0.4) is 0 Å². The molecular formula is C21H24F2O4. The molecule has 0 aliphatic carbocycles. The van der Waals surface area contributed by atoms with Gasteiger partial charge >= 0.3 is 0 Å². The highest BCUT2D eigenvalue weighted by Gasteiger charge is 2.42. The second kappa shape index (κ2) is 7.92. The van der Waals surface area contributed by atoms with Crippen molar-refractivity contribution in [2.24, 2.45) is 0 Å². The van der Waals surface area contributed by atoms with Gasteiger partial charge in [-0.1, -0.05) is 18.2 Å². The highest BCUT2D eigenvalue weighted by atomic mass is 19.2. The summed E-state index contributed by atoms with van der Waals surface area (Å²) in [5.41, 5.74) is 0.858. The molecule has 0 atom stereocenters. The van der Waals surface area contributed by atoms with Crippen LogP contribution in [-0.2, 0) is 26.2 Å². The maximum Gasteiger partial charge on any atom is 0.162 e. The number of methoxy groups -OCH3 is 1. The molecule has 0 bridgehead atoms. The smallest absolute Gasteiger partial charge is 0.162 e. The predicted molar refractivity (Wildman–Crippen MR) is 96.7 cm³/mol. The van der Waals surface area contributed by atoms with Gasteiger partial charge in [-0.25, -0.2) is 8.78 Å². The topological polar surface area (TPSA) is 36.9 Å². The van der Waals surface area contributed by atoms with E-state index in [4.69, 9.17) is 18.9 Å². The number of hydrogen-bond donors (Lipinski definition) is 0. The summed E-state index contributed by atoms with van der Waals surface area (Å²) in [5, 5.41) is 0. The van der Waals surface area contributed by atoms with E-state index in [2.05, 4.69) is 0 Å². The first-order valence-electron chi connectivity index (χ1n) is 8.78. The molecule has 0 saturated carbocycles. The fourth-order valence-corrected chi connectivity index (χ4v) is 2.95. The van der Waals surface area contributed by atoms with Gasteiger partial charge < -0.3 is 18.9 Å². The Balaban J connectivity index is 1.74. The van der Waals surface area contributed by atoms with E-state index >= 15 is 0 Å². The molecule has 0 N–H and O–H groups in total. The van der Waals surface area contributed by atoms with Crippen LogP contribution in [0.25, 0.3) is 0 Å². The van der Waals surface area contributed by atoms with Gasteiger partial charge in [0.25, 0.3) is 0 Å². The molecule has 1 aliphatic heterocycles. The third-order valence-electron chi connectivity index (χ3n) is 4.73. The molecule has 4 nitrogen and oxygen atoms in total. The average Bonchev–Trinajstić information content (AvgIpc) is 2.66. The van der Waals surface area contributed by atoms with Crippen LogP contribution in [0.5, 0.6) is 5.75 Å². The van der Waals surface area contributed by atoms with Crippen LogP contribution in [0.2, 0.25) is 0 Å². The summed E-state index contributed by atoms with van der Waals surface area (Å²) in [6.45, 7) is 4.83. The zero-order chi connectivity index (χ0) is 19.5. The molecule has 3 rings (SSSR count). The molecule has 0 amide bonds. The minimum Gasteiger partial charge on any atom is -0.497 e. The monoisotopic (exact) mass is 378 g/mol. The van der Waals surface area contributed by atoms with E-state index in [1.165, 1.54) is 6.07 Å². The Hall–Kier alpha value is -2.02. The molecule has 2 aromatic carbocycles. The normalized spacial score (nSPS) is 18.3. The van der Waals surface area contributed by atoms with Gasteiger partial charge in [-0.3, -0.25) is 0 Å². The summed E-state index contributed by atoms with van der Waals surface area (Å²) in [5.74, 6) is -1.73. The number of ether oxygens (including phenoxy) is 4. The van der Waals surface area contributed by atoms with Crippen molar-refractivity contribution in [3.05, 3.63) is 65.2 Å². The number of hydrogen-bond acceptors (Lipinski definition) is 4. The molecule has 6 heteroatoms. The van der Waals surface area contributed by atoms with Gasteiger partial charge in [0.15, 0.2) is 17.4 Å². The molecule has 1 saturated heterocycles.